The Kier molecular flexibility index (Phi) is 4.42. The van der Waals surface area contributed by atoms with Crippen LogP contribution in [0.3, 0.4) is 0 Å². The second-order valence-electron chi connectivity index (χ2n) is 6.03. The van der Waals surface area contributed by atoms with Gasteiger partial charge in [-0.15, -0.1) is 0 Å². The van der Waals surface area contributed by atoms with Crippen molar-refractivity contribution in [2.45, 2.75) is 56.6 Å². The minimum atomic E-state index is 0.224. The monoisotopic (exact) mass is 254 g/mol. The zero-order chi connectivity index (χ0) is 12.4. The van der Waals surface area contributed by atoms with Gasteiger partial charge in [0.2, 0.25) is 0 Å². The van der Waals surface area contributed by atoms with Gasteiger partial charge in [0.15, 0.2) is 0 Å². The molecule has 0 bridgehead atoms. The lowest BCUT2D eigenvalue weighted by Gasteiger charge is -2.24. The molecule has 1 aromatic rings. The fourth-order valence-corrected chi connectivity index (χ4v) is 3.72. The third-order valence-electron chi connectivity index (χ3n) is 2.08. The number of rotatable bonds is 2. The van der Waals surface area contributed by atoms with E-state index in [4.69, 9.17) is 0 Å². The molecule has 0 N–H and O–H groups in total. The van der Waals surface area contributed by atoms with Crippen molar-refractivity contribution in [3.05, 3.63) is 29.8 Å². The van der Waals surface area contributed by atoms with Gasteiger partial charge in [0.1, 0.15) is 0 Å². The van der Waals surface area contributed by atoms with E-state index in [-0.39, 0.29) is 5.41 Å². The van der Waals surface area contributed by atoms with Crippen molar-refractivity contribution < 1.29 is 0 Å². The molecular weight excluding hydrogens is 232 g/mol. The van der Waals surface area contributed by atoms with Gasteiger partial charge in [-0.2, -0.15) is 0 Å². The Morgan fingerprint density at radius 2 is 1.44 bits per heavy atom. The average Bonchev–Trinajstić information content (AvgIpc) is 2.12. The second kappa shape index (κ2) is 5.05. The Morgan fingerprint density at radius 3 is 1.94 bits per heavy atom. The first-order valence-corrected chi connectivity index (χ1v) is 7.80. The molecule has 0 saturated carbocycles. The lowest BCUT2D eigenvalue weighted by Crippen LogP contribution is -2.12. The molecule has 90 valence electrons. The quantitative estimate of drug-likeness (QED) is 0.637. The fourth-order valence-electron chi connectivity index (χ4n) is 1.33. The fraction of sp³-hybridized carbons (Fsp3) is 0.571. The van der Waals surface area contributed by atoms with Crippen LogP contribution in [0, 0.1) is 0 Å². The first-order valence-electron chi connectivity index (χ1n) is 5.65. The summed E-state index contributed by atoms with van der Waals surface area (Å²) < 4.78 is 0.301. The van der Waals surface area contributed by atoms with E-state index in [9.17, 15) is 0 Å². The molecule has 16 heavy (non-hydrogen) atoms. The standard InChI is InChI=1S/C14H22S2/c1-13(2,3)11-9-7-8-10-12(11)15-16-14(4,5)6/h7-10H,1-6H3. The highest BCUT2D eigenvalue weighted by molar-refractivity contribution is 8.77. The van der Waals surface area contributed by atoms with Crippen LogP contribution in [-0.2, 0) is 5.41 Å². The Morgan fingerprint density at radius 1 is 0.875 bits per heavy atom. The Labute approximate surface area is 108 Å². The number of hydrogen-bond donors (Lipinski definition) is 0. The summed E-state index contributed by atoms with van der Waals surface area (Å²) in [4.78, 5) is 1.40. The van der Waals surface area contributed by atoms with Crippen molar-refractivity contribution in [1.82, 2.24) is 0 Å². The van der Waals surface area contributed by atoms with E-state index in [0.717, 1.165) is 0 Å². The topological polar surface area (TPSA) is 0 Å². The zero-order valence-corrected chi connectivity index (χ0v) is 12.8. The van der Waals surface area contributed by atoms with E-state index in [2.05, 4.69) is 65.8 Å². The molecule has 1 rings (SSSR count). The molecule has 0 aliphatic rings. The summed E-state index contributed by atoms with van der Waals surface area (Å²) in [5.74, 6) is 0. The number of benzene rings is 1. The highest BCUT2D eigenvalue weighted by atomic mass is 33.1. The molecule has 0 atom stereocenters. The van der Waals surface area contributed by atoms with Gasteiger partial charge < -0.3 is 0 Å². The van der Waals surface area contributed by atoms with Gasteiger partial charge in [0.05, 0.1) is 0 Å². The second-order valence-corrected chi connectivity index (χ2v) is 9.02. The van der Waals surface area contributed by atoms with Gasteiger partial charge in [-0.05, 0) is 17.0 Å². The van der Waals surface area contributed by atoms with E-state index >= 15 is 0 Å². The van der Waals surface area contributed by atoms with Crippen LogP contribution in [0.15, 0.2) is 29.2 Å². The van der Waals surface area contributed by atoms with Crippen LogP contribution >= 0.6 is 21.6 Å². The van der Waals surface area contributed by atoms with Gasteiger partial charge in [0, 0.05) is 9.64 Å². The summed E-state index contributed by atoms with van der Waals surface area (Å²) in [6.07, 6.45) is 0. The molecule has 0 fully saturated rings. The van der Waals surface area contributed by atoms with Crippen LogP contribution in [0.25, 0.3) is 0 Å². The molecule has 0 radical (unpaired) electrons. The minimum absolute atomic E-state index is 0.224. The summed E-state index contributed by atoms with van der Waals surface area (Å²) in [7, 11) is 3.83. The lowest BCUT2D eigenvalue weighted by atomic mass is 9.87. The van der Waals surface area contributed by atoms with Crippen molar-refractivity contribution in [3.63, 3.8) is 0 Å². The summed E-state index contributed by atoms with van der Waals surface area (Å²) in [5, 5.41) is 0. The predicted octanol–water partition coefficient (Wildman–Crippen LogP) is 5.52. The van der Waals surface area contributed by atoms with Crippen molar-refractivity contribution >= 4 is 21.6 Å². The Hall–Kier alpha value is -0.0800. The first-order chi connectivity index (χ1) is 7.20. The predicted molar refractivity (Wildman–Crippen MR) is 78.3 cm³/mol. The normalized spacial score (nSPS) is 12.9. The smallest absolute Gasteiger partial charge is 0.0220 e. The average molecular weight is 254 g/mol. The largest absolute Gasteiger partial charge is 0.0830 e. The molecule has 0 heterocycles. The van der Waals surface area contributed by atoms with Crippen molar-refractivity contribution in [3.8, 4) is 0 Å². The van der Waals surface area contributed by atoms with Gasteiger partial charge in [-0.25, -0.2) is 0 Å². The van der Waals surface area contributed by atoms with E-state index < -0.39 is 0 Å². The Balaban J connectivity index is 2.88. The van der Waals surface area contributed by atoms with E-state index in [1.807, 2.05) is 21.6 Å². The van der Waals surface area contributed by atoms with Gasteiger partial charge in [0.25, 0.3) is 0 Å². The highest BCUT2D eigenvalue weighted by Crippen LogP contribution is 2.43. The van der Waals surface area contributed by atoms with Gasteiger partial charge in [-0.3, -0.25) is 0 Å². The summed E-state index contributed by atoms with van der Waals surface area (Å²) in [6.45, 7) is 13.6. The highest BCUT2D eigenvalue weighted by Gasteiger charge is 2.19. The lowest BCUT2D eigenvalue weighted by molar-refractivity contribution is 0.578. The molecule has 0 spiro atoms. The molecule has 0 amide bonds. The van der Waals surface area contributed by atoms with Crippen LogP contribution < -0.4 is 0 Å². The van der Waals surface area contributed by atoms with Crippen molar-refractivity contribution in [2.24, 2.45) is 0 Å². The van der Waals surface area contributed by atoms with E-state index in [1.165, 1.54) is 10.5 Å². The molecule has 0 aliphatic carbocycles. The maximum atomic E-state index is 2.27. The molecule has 0 nitrogen and oxygen atoms in total. The maximum absolute atomic E-state index is 2.27. The van der Waals surface area contributed by atoms with Crippen molar-refractivity contribution in [2.75, 3.05) is 0 Å². The molecule has 0 saturated heterocycles. The van der Waals surface area contributed by atoms with Crippen LogP contribution in [0.1, 0.15) is 47.1 Å². The Bertz CT molecular complexity index is 342. The van der Waals surface area contributed by atoms with E-state index in [1.54, 1.807) is 0 Å². The molecule has 0 aliphatic heterocycles. The summed E-state index contributed by atoms with van der Waals surface area (Å²) >= 11 is 0. The minimum Gasteiger partial charge on any atom is -0.0830 e. The van der Waals surface area contributed by atoms with Crippen LogP contribution in [-0.4, -0.2) is 4.75 Å². The SMILES string of the molecule is CC(C)(C)SSc1ccccc1C(C)(C)C. The van der Waals surface area contributed by atoms with Gasteiger partial charge >= 0.3 is 0 Å². The molecular formula is C14H22S2. The molecule has 0 aromatic heterocycles. The third-order valence-corrected chi connectivity index (χ3v) is 5.48. The zero-order valence-electron chi connectivity index (χ0n) is 11.1. The van der Waals surface area contributed by atoms with E-state index in [0.29, 0.717) is 4.75 Å². The summed E-state index contributed by atoms with van der Waals surface area (Å²) in [5.41, 5.74) is 1.67. The van der Waals surface area contributed by atoms with Crippen LogP contribution in [0.4, 0.5) is 0 Å². The van der Waals surface area contributed by atoms with Crippen LogP contribution in [0.2, 0.25) is 0 Å². The van der Waals surface area contributed by atoms with Gasteiger partial charge in [-0.1, -0.05) is 81.3 Å². The molecule has 1 aromatic carbocycles. The third kappa shape index (κ3) is 4.42. The summed E-state index contributed by atoms with van der Waals surface area (Å²) in [6, 6.07) is 8.72. The number of hydrogen-bond acceptors (Lipinski definition) is 2. The molecule has 2 heteroatoms. The van der Waals surface area contributed by atoms with Crippen LogP contribution in [0.5, 0.6) is 0 Å². The molecule has 0 unspecified atom stereocenters. The maximum Gasteiger partial charge on any atom is 0.0220 e. The first kappa shape index (κ1) is 14.0. The van der Waals surface area contributed by atoms with Crippen molar-refractivity contribution in [1.29, 1.82) is 0 Å².